The number of methoxy groups -OCH3 is 1. The fourth-order valence-corrected chi connectivity index (χ4v) is 1.99. The summed E-state index contributed by atoms with van der Waals surface area (Å²) in [5, 5.41) is 2.78. The predicted molar refractivity (Wildman–Crippen MR) is 92.5 cm³/mol. The lowest BCUT2D eigenvalue weighted by Gasteiger charge is -2.25. The molecule has 134 valence electrons. The Morgan fingerprint density at radius 3 is 2.42 bits per heavy atom. The molecule has 0 unspecified atom stereocenters. The Bertz CT molecular complexity index is 579. The van der Waals surface area contributed by atoms with Crippen LogP contribution in [0, 0.1) is 0 Å². The molecule has 0 radical (unpaired) electrons. The van der Waals surface area contributed by atoms with Crippen molar-refractivity contribution in [1.29, 1.82) is 0 Å². The number of anilines is 1. The van der Waals surface area contributed by atoms with Crippen molar-refractivity contribution in [2.24, 2.45) is 0 Å². The summed E-state index contributed by atoms with van der Waals surface area (Å²) in [5.74, 6) is -0.347. The van der Waals surface area contributed by atoms with Gasteiger partial charge in [0.1, 0.15) is 16.9 Å². The van der Waals surface area contributed by atoms with Crippen LogP contribution in [0.25, 0.3) is 0 Å². The summed E-state index contributed by atoms with van der Waals surface area (Å²) < 4.78 is 16.0. The minimum Gasteiger partial charge on any atom is -0.490 e. The maximum Gasteiger partial charge on any atom is 0.341 e. The molecule has 24 heavy (non-hydrogen) atoms. The van der Waals surface area contributed by atoms with Gasteiger partial charge in [0.2, 0.25) is 0 Å². The van der Waals surface area contributed by atoms with Gasteiger partial charge in [-0.1, -0.05) is 6.92 Å². The maximum atomic E-state index is 12.4. The lowest BCUT2D eigenvalue weighted by atomic mass is 10.0. The van der Waals surface area contributed by atoms with Gasteiger partial charge in [-0.3, -0.25) is 4.79 Å². The molecule has 6 nitrogen and oxygen atoms in total. The number of rotatable bonds is 8. The Balaban J connectivity index is 3.11. The molecule has 1 amide bonds. The Kier molecular flexibility index (Phi) is 7.22. The molecule has 1 atom stereocenters. The van der Waals surface area contributed by atoms with Crippen LogP contribution in [0.3, 0.4) is 0 Å². The molecule has 0 saturated carbocycles. The number of carbonyl (C=O) groups is 2. The van der Waals surface area contributed by atoms with E-state index in [0.717, 1.165) is 0 Å². The van der Waals surface area contributed by atoms with Crippen molar-refractivity contribution < 1.29 is 23.8 Å². The molecular weight excluding hydrogens is 310 g/mol. The van der Waals surface area contributed by atoms with E-state index in [1.807, 2.05) is 20.8 Å². The van der Waals surface area contributed by atoms with Crippen molar-refractivity contribution in [2.75, 3.05) is 19.0 Å². The number of hydrogen-bond donors (Lipinski definition) is 1. The van der Waals surface area contributed by atoms with Crippen molar-refractivity contribution in [3.63, 3.8) is 0 Å². The zero-order chi connectivity index (χ0) is 18.3. The van der Waals surface area contributed by atoms with E-state index in [-0.39, 0.29) is 24.2 Å². The van der Waals surface area contributed by atoms with E-state index >= 15 is 0 Å². The molecule has 1 rings (SSSR count). The summed E-state index contributed by atoms with van der Waals surface area (Å²) in [4.78, 5) is 24.5. The van der Waals surface area contributed by atoms with Crippen LogP contribution in [0.1, 0.15) is 51.4 Å². The van der Waals surface area contributed by atoms with Gasteiger partial charge in [0.15, 0.2) is 0 Å². The van der Waals surface area contributed by atoms with Gasteiger partial charge in [0, 0.05) is 12.8 Å². The van der Waals surface area contributed by atoms with Crippen LogP contribution in [-0.2, 0) is 14.3 Å². The van der Waals surface area contributed by atoms with Crippen LogP contribution < -0.4 is 10.1 Å². The first-order valence-corrected chi connectivity index (χ1v) is 8.11. The van der Waals surface area contributed by atoms with E-state index < -0.39 is 11.6 Å². The average Bonchev–Trinajstić information content (AvgIpc) is 2.55. The first-order valence-electron chi connectivity index (χ1n) is 8.11. The lowest BCUT2D eigenvalue weighted by molar-refractivity contribution is -0.136. The molecule has 0 fully saturated rings. The van der Waals surface area contributed by atoms with Crippen molar-refractivity contribution in [2.45, 2.75) is 52.7 Å². The van der Waals surface area contributed by atoms with Crippen LogP contribution in [0.15, 0.2) is 18.2 Å². The Morgan fingerprint density at radius 2 is 1.92 bits per heavy atom. The fourth-order valence-electron chi connectivity index (χ4n) is 1.99. The van der Waals surface area contributed by atoms with Crippen molar-refractivity contribution in [3.8, 4) is 5.75 Å². The molecule has 0 aliphatic heterocycles. The molecule has 0 aromatic heterocycles. The van der Waals surface area contributed by atoms with E-state index in [1.165, 1.54) is 7.11 Å². The first kappa shape index (κ1) is 20.0. The van der Waals surface area contributed by atoms with Crippen molar-refractivity contribution in [3.05, 3.63) is 23.8 Å². The standard InChI is InChI=1S/C18H27NO5/c1-7-18(5,22-6)17(21)19-13-9-10-15(24-12(3)4)14(11-13)16(20)23-8-2/h9-12H,7-8H2,1-6H3,(H,19,21)/t18-/m0/s1. The second kappa shape index (κ2) is 8.68. The first-order chi connectivity index (χ1) is 11.3. The van der Waals surface area contributed by atoms with Gasteiger partial charge in [0.05, 0.1) is 12.7 Å². The Labute approximate surface area is 143 Å². The minimum absolute atomic E-state index is 0.0875. The number of amides is 1. The molecule has 1 aromatic rings. The molecule has 0 spiro atoms. The van der Waals surface area contributed by atoms with Crippen molar-refractivity contribution >= 4 is 17.6 Å². The average molecular weight is 337 g/mol. The molecule has 0 heterocycles. The van der Waals surface area contributed by atoms with Crippen LogP contribution in [0.2, 0.25) is 0 Å². The third-order valence-electron chi connectivity index (χ3n) is 3.70. The predicted octanol–water partition coefficient (Wildman–Crippen LogP) is 3.40. The van der Waals surface area contributed by atoms with E-state index in [4.69, 9.17) is 14.2 Å². The number of carbonyl (C=O) groups excluding carboxylic acids is 2. The number of esters is 1. The van der Waals surface area contributed by atoms with E-state index in [0.29, 0.717) is 17.9 Å². The highest BCUT2D eigenvalue weighted by atomic mass is 16.5. The molecular formula is C18H27NO5. The molecule has 1 aromatic carbocycles. The maximum absolute atomic E-state index is 12.4. The second-order valence-electron chi connectivity index (χ2n) is 5.84. The van der Waals surface area contributed by atoms with Crippen molar-refractivity contribution in [1.82, 2.24) is 0 Å². The number of benzene rings is 1. The molecule has 0 bridgehead atoms. The van der Waals surface area contributed by atoms with Crippen LogP contribution >= 0.6 is 0 Å². The summed E-state index contributed by atoms with van der Waals surface area (Å²) >= 11 is 0. The SMILES string of the molecule is CCOC(=O)c1cc(NC(=O)[C@](C)(CC)OC)ccc1OC(C)C. The second-order valence-corrected chi connectivity index (χ2v) is 5.84. The molecule has 0 aliphatic rings. The van der Waals surface area contributed by atoms with E-state index in [2.05, 4.69) is 5.32 Å². The van der Waals surface area contributed by atoms with E-state index in [1.54, 1.807) is 32.0 Å². The zero-order valence-electron chi connectivity index (χ0n) is 15.3. The summed E-state index contributed by atoms with van der Waals surface area (Å²) in [6, 6.07) is 4.89. The summed E-state index contributed by atoms with van der Waals surface area (Å²) in [7, 11) is 1.49. The minimum atomic E-state index is -0.933. The summed E-state index contributed by atoms with van der Waals surface area (Å²) in [6.45, 7) is 9.31. The molecule has 1 N–H and O–H groups in total. The normalized spacial score (nSPS) is 13.3. The van der Waals surface area contributed by atoms with Gasteiger partial charge in [-0.2, -0.15) is 0 Å². The van der Waals surface area contributed by atoms with Gasteiger partial charge >= 0.3 is 5.97 Å². The quantitative estimate of drug-likeness (QED) is 0.736. The van der Waals surface area contributed by atoms with Gasteiger partial charge in [0.25, 0.3) is 5.91 Å². The largest absolute Gasteiger partial charge is 0.490 e. The Hall–Kier alpha value is -2.08. The smallest absolute Gasteiger partial charge is 0.341 e. The van der Waals surface area contributed by atoms with Gasteiger partial charge < -0.3 is 19.5 Å². The Morgan fingerprint density at radius 1 is 1.25 bits per heavy atom. The zero-order valence-corrected chi connectivity index (χ0v) is 15.3. The number of hydrogen-bond acceptors (Lipinski definition) is 5. The third-order valence-corrected chi connectivity index (χ3v) is 3.70. The highest BCUT2D eigenvalue weighted by Crippen LogP contribution is 2.26. The highest BCUT2D eigenvalue weighted by molar-refractivity contribution is 5.99. The van der Waals surface area contributed by atoms with Gasteiger partial charge in [-0.05, 0) is 52.3 Å². The molecule has 0 saturated heterocycles. The molecule has 0 aliphatic carbocycles. The fraction of sp³-hybridized carbons (Fsp3) is 0.556. The van der Waals surface area contributed by atoms with E-state index in [9.17, 15) is 9.59 Å². The van der Waals surface area contributed by atoms with Gasteiger partial charge in [-0.15, -0.1) is 0 Å². The van der Waals surface area contributed by atoms with Crippen LogP contribution in [0.4, 0.5) is 5.69 Å². The topological polar surface area (TPSA) is 73.9 Å². The van der Waals surface area contributed by atoms with Crippen LogP contribution in [0.5, 0.6) is 5.75 Å². The molecule has 6 heteroatoms. The summed E-state index contributed by atoms with van der Waals surface area (Å²) in [5.41, 5.74) is -0.174. The van der Waals surface area contributed by atoms with Crippen LogP contribution in [-0.4, -0.2) is 37.3 Å². The lowest BCUT2D eigenvalue weighted by Crippen LogP contribution is -2.41. The monoisotopic (exact) mass is 337 g/mol. The summed E-state index contributed by atoms with van der Waals surface area (Å²) in [6.07, 6.45) is 0.435. The van der Waals surface area contributed by atoms with Gasteiger partial charge in [-0.25, -0.2) is 4.79 Å². The highest BCUT2D eigenvalue weighted by Gasteiger charge is 2.31. The number of ether oxygens (including phenoxy) is 3. The third kappa shape index (κ3) is 4.96. The number of nitrogens with one attached hydrogen (secondary N) is 1.